The van der Waals surface area contributed by atoms with E-state index in [1.165, 1.54) is 25.5 Å². The molecule has 21 heavy (non-hydrogen) atoms. The first-order valence-electron chi connectivity index (χ1n) is 7.80. The number of aryl methyl sites for hydroxylation is 1. The second-order valence-electron chi connectivity index (χ2n) is 5.53. The molecule has 0 bridgehead atoms. The molecule has 0 aromatic carbocycles. The quantitative estimate of drug-likeness (QED) is 0.269. The Kier molecular flexibility index (Phi) is 8.31. The number of azo groups is 1. The fourth-order valence-electron chi connectivity index (χ4n) is 2.01. The normalized spacial score (nSPS) is 12.0. The van der Waals surface area contributed by atoms with Gasteiger partial charge in [-0.3, -0.25) is 4.68 Å². The molecule has 0 aliphatic heterocycles. The molecular weight excluding hydrogens is 266 g/mol. The van der Waals surface area contributed by atoms with E-state index in [9.17, 15) is 5.21 Å². The van der Waals surface area contributed by atoms with Crippen LogP contribution in [0.2, 0.25) is 0 Å². The fraction of sp³-hybridized carbons (Fsp3) is 0.733. The van der Waals surface area contributed by atoms with E-state index in [1.54, 1.807) is 0 Å². The van der Waals surface area contributed by atoms with Gasteiger partial charge >= 0.3 is 0 Å². The molecule has 0 unspecified atom stereocenters. The highest BCUT2D eigenvalue weighted by Gasteiger charge is 2.04. The standard InChI is InChI=1S/C15H27N5O/c1-4-20(21)16-11-9-7-5-6-8-10-12-19-13-15(14(2)3)17-18-19/h4,13-14H,1,5-12H2,2-3H3. The first-order valence-corrected chi connectivity index (χ1v) is 7.80. The number of hydroxylamine groups is 1. The summed E-state index contributed by atoms with van der Waals surface area (Å²) in [5.74, 6) is 0.440. The molecule has 0 atom stereocenters. The zero-order valence-electron chi connectivity index (χ0n) is 13.2. The molecule has 1 rings (SSSR count). The van der Waals surface area contributed by atoms with Crippen molar-refractivity contribution in [1.82, 2.24) is 15.0 Å². The maximum atomic E-state index is 10.8. The van der Waals surface area contributed by atoms with Gasteiger partial charge in [-0.05, 0) is 30.5 Å². The first-order chi connectivity index (χ1) is 10.1. The minimum Gasteiger partial charge on any atom is -0.595 e. The van der Waals surface area contributed by atoms with Gasteiger partial charge in [-0.25, -0.2) is 0 Å². The van der Waals surface area contributed by atoms with Gasteiger partial charge in [-0.15, -0.1) is 5.10 Å². The summed E-state index contributed by atoms with van der Waals surface area (Å²) in [6.07, 6.45) is 10.0. The van der Waals surface area contributed by atoms with Crippen molar-refractivity contribution in [3.63, 3.8) is 0 Å². The molecule has 1 aromatic heterocycles. The first kappa shape index (κ1) is 17.3. The van der Waals surface area contributed by atoms with Gasteiger partial charge in [0.2, 0.25) is 6.20 Å². The van der Waals surface area contributed by atoms with Gasteiger partial charge in [-0.1, -0.05) is 49.6 Å². The van der Waals surface area contributed by atoms with E-state index in [0.29, 0.717) is 17.3 Å². The van der Waals surface area contributed by atoms with Gasteiger partial charge in [-0.2, -0.15) is 0 Å². The van der Waals surface area contributed by atoms with E-state index < -0.39 is 0 Å². The molecule has 0 saturated carbocycles. The lowest BCUT2D eigenvalue weighted by molar-refractivity contribution is -0.458. The zero-order chi connectivity index (χ0) is 15.5. The van der Waals surface area contributed by atoms with Crippen molar-refractivity contribution in [2.24, 2.45) is 5.11 Å². The SMILES string of the molecule is C=C[N+]([O-])=NCCCCCCCCn1cc(C(C)C)nn1. The van der Waals surface area contributed by atoms with Gasteiger partial charge in [0.05, 0.1) is 5.69 Å². The molecule has 118 valence electrons. The van der Waals surface area contributed by atoms with Gasteiger partial charge in [0.15, 0.2) is 0 Å². The molecular formula is C15H27N5O. The van der Waals surface area contributed by atoms with Crippen LogP contribution in [-0.2, 0) is 6.54 Å². The molecule has 0 radical (unpaired) electrons. The third-order valence-corrected chi connectivity index (χ3v) is 3.34. The summed E-state index contributed by atoms with van der Waals surface area (Å²) in [6, 6.07) is 0. The van der Waals surface area contributed by atoms with Crippen molar-refractivity contribution in [2.45, 2.75) is 64.8 Å². The lowest BCUT2D eigenvalue weighted by Gasteiger charge is -2.01. The predicted molar refractivity (Wildman–Crippen MR) is 82.9 cm³/mol. The van der Waals surface area contributed by atoms with Crippen LogP contribution in [0.4, 0.5) is 0 Å². The topological polar surface area (TPSA) is 69.1 Å². The Morgan fingerprint density at radius 1 is 1.29 bits per heavy atom. The van der Waals surface area contributed by atoms with E-state index in [1.807, 2.05) is 10.9 Å². The summed E-state index contributed by atoms with van der Waals surface area (Å²) >= 11 is 0. The van der Waals surface area contributed by atoms with Crippen LogP contribution in [0.1, 0.15) is 64.0 Å². The molecule has 0 saturated heterocycles. The highest BCUT2D eigenvalue weighted by atomic mass is 16.5. The molecule has 0 fully saturated rings. The summed E-state index contributed by atoms with van der Waals surface area (Å²) in [7, 11) is 0. The van der Waals surface area contributed by atoms with Gasteiger partial charge in [0.25, 0.3) is 0 Å². The van der Waals surface area contributed by atoms with Crippen molar-refractivity contribution in [3.05, 3.63) is 29.9 Å². The Labute approximate surface area is 127 Å². The average Bonchev–Trinajstić information content (AvgIpc) is 2.94. The number of hydrogen-bond donors (Lipinski definition) is 0. The van der Waals surface area contributed by atoms with E-state index in [4.69, 9.17) is 0 Å². The molecule has 0 spiro atoms. The summed E-state index contributed by atoms with van der Waals surface area (Å²) < 4.78 is 1.94. The van der Waals surface area contributed by atoms with Crippen molar-refractivity contribution >= 4 is 0 Å². The largest absolute Gasteiger partial charge is 0.595 e. The maximum Gasteiger partial charge on any atom is 0.202 e. The number of rotatable bonds is 11. The second-order valence-corrected chi connectivity index (χ2v) is 5.53. The number of aromatic nitrogens is 3. The zero-order valence-corrected chi connectivity index (χ0v) is 13.2. The second kappa shape index (κ2) is 10.1. The van der Waals surface area contributed by atoms with Crippen LogP contribution < -0.4 is 0 Å². The number of hydrogen-bond acceptors (Lipinski definition) is 4. The van der Waals surface area contributed by atoms with Crippen LogP contribution in [0.5, 0.6) is 0 Å². The lowest BCUT2D eigenvalue weighted by Crippen LogP contribution is -1.98. The van der Waals surface area contributed by atoms with E-state index in [0.717, 1.165) is 31.5 Å². The third-order valence-electron chi connectivity index (χ3n) is 3.34. The summed E-state index contributed by atoms with van der Waals surface area (Å²) in [6.45, 7) is 9.14. The van der Waals surface area contributed by atoms with E-state index in [-0.39, 0.29) is 0 Å². The van der Waals surface area contributed by atoms with Crippen LogP contribution in [0.3, 0.4) is 0 Å². The number of nitrogens with zero attached hydrogens (tertiary/aromatic N) is 5. The van der Waals surface area contributed by atoms with Crippen LogP contribution >= 0.6 is 0 Å². The minimum absolute atomic E-state index is 0.440. The van der Waals surface area contributed by atoms with Gasteiger partial charge in [0, 0.05) is 12.7 Å². The van der Waals surface area contributed by atoms with Crippen LogP contribution in [0.15, 0.2) is 24.1 Å². The smallest absolute Gasteiger partial charge is 0.202 e. The Balaban J connectivity index is 1.98. The van der Waals surface area contributed by atoms with Crippen molar-refractivity contribution in [3.8, 4) is 0 Å². The Morgan fingerprint density at radius 3 is 2.57 bits per heavy atom. The van der Waals surface area contributed by atoms with Crippen molar-refractivity contribution in [2.75, 3.05) is 6.54 Å². The third kappa shape index (κ3) is 7.58. The van der Waals surface area contributed by atoms with E-state index in [2.05, 4.69) is 35.9 Å². The monoisotopic (exact) mass is 293 g/mol. The van der Waals surface area contributed by atoms with E-state index >= 15 is 0 Å². The van der Waals surface area contributed by atoms with Crippen LogP contribution in [0.25, 0.3) is 0 Å². The summed E-state index contributed by atoms with van der Waals surface area (Å²) in [5.41, 5.74) is 1.06. The number of unbranched alkanes of at least 4 members (excludes halogenated alkanes) is 5. The highest BCUT2D eigenvalue weighted by molar-refractivity contribution is 4.97. The Hall–Kier alpha value is -1.72. The molecule has 1 aromatic rings. The summed E-state index contributed by atoms with van der Waals surface area (Å²) in [4.78, 5) is 0.531. The molecule has 6 heteroatoms. The Morgan fingerprint density at radius 2 is 1.95 bits per heavy atom. The van der Waals surface area contributed by atoms with Gasteiger partial charge in [0.1, 0.15) is 6.54 Å². The molecule has 6 nitrogen and oxygen atoms in total. The maximum absolute atomic E-state index is 10.8. The average molecular weight is 293 g/mol. The van der Waals surface area contributed by atoms with Crippen molar-refractivity contribution in [1.29, 1.82) is 0 Å². The lowest BCUT2D eigenvalue weighted by atomic mass is 10.1. The fourth-order valence-corrected chi connectivity index (χ4v) is 2.01. The molecule has 0 aliphatic rings. The summed E-state index contributed by atoms with van der Waals surface area (Å²) in [5, 5.41) is 22.8. The van der Waals surface area contributed by atoms with Gasteiger partial charge < -0.3 is 5.21 Å². The molecule has 0 N–H and O–H groups in total. The molecule has 0 amide bonds. The molecule has 0 aliphatic carbocycles. The van der Waals surface area contributed by atoms with Crippen LogP contribution in [0, 0.1) is 5.21 Å². The minimum atomic E-state index is 0.440. The Bertz CT molecular complexity index is 439. The van der Waals surface area contributed by atoms with Crippen molar-refractivity contribution < 1.29 is 4.86 Å². The molecule has 1 heterocycles. The highest BCUT2D eigenvalue weighted by Crippen LogP contribution is 2.10. The van der Waals surface area contributed by atoms with Crippen LogP contribution in [-0.4, -0.2) is 26.4 Å². The predicted octanol–water partition coefficient (Wildman–Crippen LogP) is 3.85.